The van der Waals surface area contributed by atoms with E-state index < -0.39 is 0 Å². The first-order valence-corrected chi connectivity index (χ1v) is 7.66. The minimum atomic E-state index is -0.188. The smallest absolute Gasteiger partial charge is 0.351 e. The molecular weight excluding hydrogens is 314 g/mol. The lowest BCUT2D eigenvalue weighted by Gasteiger charge is -2.17. The van der Waals surface area contributed by atoms with Crippen LogP contribution in [0.25, 0.3) is 5.69 Å². The van der Waals surface area contributed by atoms with Crippen molar-refractivity contribution in [2.75, 3.05) is 0 Å². The van der Waals surface area contributed by atoms with Crippen LogP contribution >= 0.6 is 11.6 Å². The van der Waals surface area contributed by atoms with E-state index in [9.17, 15) is 4.79 Å². The van der Waals surface area contributed by atoms with Gasteiger partial charge in [0.1, 0.15) is 12.4 Å². The van der Waals surface area contributed by atoms with Crippen LogP contribution in [0.1, 0.15) is 17.0 Å². The second-order valence-electron chi connectivity index (χ2n) is 5.58. The van der Waals surface area contributed by atoms with Crippen LogP contribution < -0.4 is 10.4 Å². The van der Waals surface area contributed by atoms with Crippen molar-refractivity contribution in [3.05, 3.63) is 74.9 Å². The SMILES string of the molecule is Cc1ccc(Cn2nc3n(c2=O)-c2cc(Cl)ccc2OC3)cc1. The first-order chi connectivity index (χ1) is 11.1. The summed E-state index contributed by atoms with van der Waals surface area (Å²) in [4.78, 5) is 12.7. The molecule has 4 rings (SSSR count). The fraction of sp³-hybridized carbons (Fsp3) is 0.176. The van der Waals surface area contributed by atoms with Crippen molar-refractivity contribution >= 4 is 11.6 Å². The average Bonchev–Trinajstić information content (AvgIpc) is 2.86. The number of halogens is 1. The van der Waals surface area contributed by atoms with E-state index in [-0.39, 0.29) is 12.3 Å². The quantitative estimate of drug-likeness (QED) is 0.727. The van der Waals surface area contributed by atoms with Gasteiger partial charge in [0.05, 0.1) is 12.2 Å². The normalized spacial score (nSPS) is 12.4. The van der Waals surface area contributed by atoms with E-state index in [0.717, 1.165) is 5.56 Å². The molecule has 0 spiro atoms. The number of rotatable bonds is 2. The van der Waals surface area contributed by atoms with Crippen LogP contribution in [0.2, 0.25) is 5.02 Å². The molecule has 0 amide bonds. The maximum atomic E-state index is 12.7. The van der Waals surface area contributed by atoms with Gasteiger partial charge in [0.25, 0.3) is 0 Å². The molecule has 0 atom stereocenters. The summed E-state index contributed by atoms with van der Waals surface area (Å²) in [5.74, 6) is 1.22. The molecule has 0 unspecified atom stereocenters. The van der Waals surface area contributed by atoms with E-state index in [4.69, 9.17) is 16.3 Å². The van der Waals surface area contributed by atoms with Crippen molar-refractivity contribution in [3.63, 3.8) is 0 Å². The van der Waals surface area contributed by atoms with E-state index in [0.29, 0.717) is 28.8 Å². The molecule has 0 N–H and O–H groups in total. The van der Waals surface area contributed by atoms with Gasteiger partial charge >= 0.3 is 5.69 Å². The summed E-state index contributed by atoms with van der Waals surface area (Å²) in [7, 11) is 0. The van der Waals surface area contributed by atoms with Gasteiger partial charge in [-0.1, -0.05) is 41.4 Å². The van der Waals surface area contributed by atoms with E-state index in [2.05, 4.69) is 5.10 Å². The summed E-state index contributed by atoms with van der Waals surface area (Å²) in [5, 5.41) is 4.95. The Morgan fingerprint density at radius 3 is 2.78 bits per heavy atom. The summed E-state index contributed by atoms with van der Waals surface area (Å²) >= 11 is 6.05. The van der Waals surface area contributed by atoms with Crippen molar-refractivity contribution in [2.24, 2.45) is 0 Å². The number of benzene rings is 2. The van der Waals surface area contributed by atoms with Crippen LogP contribution in [-0.2, 0) is 13.2 Å². The van der Waals surface area contributed by atoms with Crippen LogP contribution in [0.5, 0.6) is 5.75 Å². The van der Waals surface area contributed by atoms with Gasteiger partial charge in [0.2, 0.25) is 0 Å². The number of nitrogens with zero attached hydrogens (tertiary/aromatic N) is 3. The van der Waals surface area contributed by atoms with Crippen LogP contribution in [0, 0.1) is 6.92 Å². The Labute approximate surface area is 137 Å². The van der Waals surface area contributed by atoms with Crippen LogP contribution in [0.4, 0.5) is 0 Å². The first kappa shape index (κ1) is 14.1. The molecule has 0 saturated heterocycles. The first-order valence-electron chi connectivity index (χ1n) is 7.29. The summed E-state index contributed by atoms with van der Waals surface area (Å²) in [6, 6.07) is 13.3. The van der Waals surface area contributed by atoms with Crippen molar-refractivity contribution in [1.82, 2.24) is 14.3 Å². The fourth-order valence-corrected chi connectivity index (χ4v) is 2.85. The molecule has 0 saturated carbocycles. The Bertz CT molecular complexity index is 941. The number of hydrogen-bond acceptors (Lipinski definition) is 3. The minimum Gasteiger partial charge on any atom is -0.483 e. The van der Waals surface area contributed by atoms with Gasteiger partial charge in [-0.05, 0) is 30.7 Å². The van der Waals surface area contributed by atoms with Gasteiger partial charge < -0.3 is 4.74 Å². The predicted molar refractivity (Wildman–Crippen MR) is 87.4 cm³/mol. The molecule has 5 nitrogen and oxygen atoms in total. The van der Waals surface area contributed by atoms with Crippen LogP contribution in [0.3, 0.4) is 0 Å². The average molecular weight is 328 g/mol. The molecule has 116 valence electrons. The van der Waals surface area contributed by atoms with Gasteiger partial charge in [0.15, 0.2) is 5.82 Å². The Morgan fingerprint density at radius 2 is 2.00 bits per heavy atom. The number of hydrogen-bond donors (Lipinski definition) is 0. The zero-order chi connectivity index (χ0) is 16.0. The van der Waals surface area contributed by atoms with Crippen molar-refractivity contribution < 1.29 is 4.74 Å². The number of aromatic nitrogens is 3. The van der Waals surface area contributed by atoms with Crippen molar-refractivity contribution in [2.45, 2.75) is 20.1 Å². The second kappa shape index (κ2) is 5.28. The standard InChI is InChI=1S/C17H14ClN3O2/c1-11-2-4-12(5-3-11)9-20-17(22)21-14-8-13(18)6-7-15(14)23-10-16(21)19-20/h2-8H,9-10H2,1H3. The zero-order valence-corrected chi connectivity index (χ0v) is 13.2. The molecule has 0 bridgehead atoms. The maximum absolute atomic E-state index is 12.7. The van der Waals surface area contributed by atoms with E-state index >= 15 is 0 Å². The third-order valence-corrected chi connectivity index (χ3v) is 4.11. The Morgan fingerprint density at radius 1 is 1.22 bits per heavy atom. The molecule has 0 radical (unpaired) electrons. The number of ether oxygens (including phenoxy) is 1. The fourth-order valence-electron chi connectivity index (χ4n) is 2.69. The highest BCUT2D eigenvalue weighted by atomic mass is 35.5. The molecular formula is C17H14ClN3O2. The molecule has 3 aromatic rings. The lowest BCUT2D eigenvalue weighted by atomic mass is 10.1. The zero-order valence-electron chi connectivity index (χ0n) is 12.5. The maximum Gasteiger partial charge on any atom is 0.351 e. The minimum absolute atomic E-state index is 0.188. The highest BCUT2D eigenvalue weighted by Crippen LogP contribution is 2.30. The molecule has 1 aliphatic heterocycles. The highest BCUT2D eigenvalue weighted by molar-refractivity contribution is 6.30. The molecule has 23 heavy (non-hydrogen) atoms. The van der Waals surface area contributed by atoms with E-state index in [1.807, 2.05) is 31.2 Å². The summed E-state index contributed by atoms with van der Waals surface area (Å²) in [5.41, 5.74) is 2.66. The molecule has 0 aliphatic carbocycles. The molecule has 2 aromatic carbocycles. The Balaban J connectivity index is 1.78. The van der Waals surface area contributed by atoms with E-state index in [1.54, 1.807) is 22.8 Å². The van der Waals surface area contributed by atoms with Gasteiger partial charge in [-0.15, -0.1) is 0 Å². The number of fused-ring (bicyclic) bond motifs is 3. The van der Waals surface area contributed by atoms with E-state index in [1.165, 1.54) is 10.2 Å². The largest absolute Gasteiger partial charge is 0.483 e. The third kappa shape index (κ3) is 2.43. The van der Waals surface area contributed by atoms with Gasteiger partial charge in [0, 0.05) is 5.02 Å². The lowest BCUT2D eigenvalue weighted by Crippen LogP contribution is -2.26. The third-order valence-electron chi connectivity index (χ3n) is 3.88. The van der Waals surface area contributed by atoms with Crippen molar-refractivity contribution in [3.8, 4) is 11.4 Å². The van der Waals surface area contributed by atoms with Crippen molar-refractivity contribution in [1.29, 1.82) is 0 Å². The predicted octanol–water partition coefficient (Wildman–Crippen LogP) is 2.94. The summed E-state index contributed by atoms with van der Waals surface area (Å²) < 4.78 is 8.67. The molecule has 2 heterocycles. The summed E-state index contributed by atoms with van der Waals surface area (Å²) in [6.07, 6.45) is 0. The lowest BCUT2D eigenvalue weighted by molar-refractivity contribution is 0.278. The molecule has 6 heteroatoms. The monoisotopic (exact) mass is 327 g/mol. The topological polar surface area (TPSA) is 49.0 Å². The second-order valence-corrected chi connectivity index (χ2v) is 6.01. The molecule has 0 fully saturated rings. The summed E-state index contributed by atoms with van der Waals surface area (Å²) in [6.45, 7) is 2.73. The van der Waals surface area contributed by atoms with Crippen LogP contribution in [-0.4, -0.2) is 14.3 Å². The van der Waals surface area contributed by atoms with Gasteiger partial charge in [-0.3, -0.25) is 0 Å². The highest BCUT2D eigenvalue weighted by Gasteiger charge is 2.23. The number of aryl methyl sites for hydroxylation is 1. The van der Waals surface area contributed by atoms with Crippen LogP contribution in [0.15, 0.2) is 47.3 Å². The Hall–Kier alpha value is -2.53. The Kier molecular flexibility index (Phi) is 3.23. The van der Waals surface area contributed by atoms with Gasteiger partial charge in [-0.2, -0.15) is 5.10 Å². The molecule has 1 aliphatic rings. The van der Waals surface area contributed by atoms with Gasteiger partial charge in [-0.25, -0.2) is 14.0 Å². The molecule has 1 aromatic heterocycles.